The standard InChI is InChI=1S/C16H19NO2/c1-19-12-14-6-4-5-13(9-14)10-17-11-15-7-2-3-8-16(15)18/h2-9,17-18H,10-12H2,1H3. The molecule has 2 rings (SSSR count). The minimum Gasteiger partial charge on any atom is -0.508 e. The summed E-state index contributed by atoms with van der Waals surface area (Å²) >= 11 is 0. The first-order chi connectivity index (χ1) is 9.29. The van der Waals surface area contributed by atoms with Crippen LogP contribution in [0.2, 0.25) is 0 Å². The predicted molar refractivity (Wildman–Crippen MR) is 75.8 cm³/mol. The maximum atomic E-state index is 9.67. The number of nitrogens with one attached hydrogen (secondary N) is 1. The van der Waals surface area contributed by atoms with Crippen LogP contribution >= 0.6 is 0 Å². The highest BCUT2D eigenvalue weighted by Crippen LogP contribution is 2.15. The first-order valence-corrected chi connectivity index (χ1v) is 6.34. The molecule has 100 valence electrons. The van der Waals surface area contributed by atoms with Crippen molar-refractivity contribution >= 4 is 0 Å². The lowest BCUT2D eigenvalue weighted by atomic mass is 10.1. The van der Waals surface area contributed by atoms with Crippen molar-refractivity contribution in [3.05, 3.63) is 65.2 Å². The molecule has 0 aliphatic rings. The van der Waals surface area contributed by atoms with Crippen LogP contribution in [-0.2, 0) is 24.4 Å². The van der Waals surface area contributed by atoms with Crippen LogP contribution in [0.15, 0.2) is 48.5 Å². The molecule has 3 nitrogen and oxygen atoms in total. The van der Waals surface area contributed by atoms with Crippen LogP contribution in [0.5, 0.6) is 5.75 Å². The van der Waals surface area contributed by atoms with E-state index in [1.165, 1.54) is 11.1 Å². The Hall–Kier alpha value is -1.84. The Morgan fingerprint density at radius 2 is 1.79 bits per heavy atom. The number of aromatic hydroxyl groups is 1. The second kappa shape index (κ2) is 6.92. The van der Waals surface area contributed by atoms with Crippen molar-refractivity contribution in [2.75, 3.05) is 7.11 Å². The van der Waals surface area contributed by atoms with Gasteiger partial charge in [-0.25, -0.2) is 0 Å². The molecule has 3 heteroatoms. The Balaban J connectivity index is 1.89. The van der Waals surface area contributed by atoms with E-state index in [-0.39, 0.29) is 0 Å². The molecule has 0 unspecified atom stereocenters. The van der Waals surface area contributed by atoms with E-state index < -0.39 is 0 Å². The molecule has 2 N–H and O–H groups in total. The van der Waals surface area contributed by atoms with Crippen LogP contribution in [0, 0.1) is 0 Å². The fourth-order valence-corrected chi connectivity index (χ4v) is 2.00. The summed E-state index contributed by atoms with van der Waals surface area (Å²) in [6.07, 6.45) is 0. The highest BCUT2D eigenvalue weighted by molar-refractivity contribution is 5.31. The molecule has 0 radical (unpaired) electrons. The third-order valence-corrected chi connectivity index (χ3v) is 2.94. The molecule has 0 fully saturated rings. The van der Waals surface area contributed by atoms with Crippen LogP contribution in [0.25, 0.3) is 0 Å². The summed E-state index contributed by atoms with van der Waals surface area (Å²) in [4.78, 5) is 0. The molecule has 2 aromatic carbocycles. The van der Waals surface area contributed by atoms with Crippen molar-refractivity contribution < 1.29 is 9.84 Å². The van der Waals surface area contributed by atoms with E-state index in [1.807, 2.05) is 24.3 Å². The largest absolute Gasteiger partial charge is 0.508 e. The minimum absolute atomic E-state index is 0.336. The predicted octanol–water partition coefficient (Wildman–Crippen LogP) is 2.83. The van der Waals surface area contributed by atoms with E-state index in [0.29, 0.717) is 18.9 Å². The number of hydrogen-bond donors (Lipinski definition) is 2. The lowest BCUT2D eigenvalue weighted by molar-refractivity contribution is 0.185. The molecular formula is C16H19NO2. The van der Waals surface area contributed by atoms with E-state index in [2.05, 4.69) is 23.5 Å². The van der Waals surface area contributed by atoms with Gasteiger partial charge in [0, 0.05) is 25.8 Å². The van der Waals surface area contributed by atoms with Crippen molar-refractivity contribution in [3.63, 3.8) is 0 Å². The van der Waals surface area contributed by atoms with Crippen LogP contribution in [0.1, 0.15) is 16.7 Å². The minimum atomic E-state index is 0.336. The summed E-state index contributed by atoms with van der Waals surface area (Å²) < 4.78 is 5.12. The molecule has 0 aromatic heterocycles. The molecule has 0 spiro atoms. The van der Waals surface area contributed by atoms with Crippen molar-refractivity contribution in [1.82, 2.24) is 5.32 Å². The molecule has 19 heavy (non-hydrogen) atoms. The van der Waals surface area contributed by atoms with E-state index in [1.54, 1.807) is 13.2 Å². The van der Waals surface area contributed by atoms with Gasteiger partial charge in [0.05, 0.1) is 6.61 Å². The van der Waals surface area contributed by atoms with Gasteiger partial charge in [0.15, 0.2) is 0 Å². The Labute approximate surface area is 113 Å². The smallest absolute Gasteiger partial charge is 0.120 e. The highest BCUT2D eigenvalue weighted by atomic mass is 16.5. The second-order valence-corrected chi connectivity index (χ2v) is 4.49. The molecule has 0 amide bonds. The average molecular weight is 257 g/mol. The summed E-state index contributed by atoms with van der Waals surface area (Å²) in [6.45, 7) is 2.06. The van der Waals surface area contributed by atoms with Gasteiger partial charge in [-0.3, -0.25) is 0 Å². The van der Waals surface area contributed by atoms with Gasteiger partial charge >= 0.3 is 0 Å². The monoisotopic (exact) mass is 257 g/mol. The number of benzene rings is 2. The molecule has 0 aliphatic carbocycles. The maximum Gasteiger partial charge on any atom is 0.120 e. The molecule has 0 aliphatic heterocycles. The number of phenols is 1. The van der Waals surface area contributed by atoms with E-state index in [4.69, 9.17) is 4.74 Å². The molecule has 0 heterocycles. The van der Waals surface area contributed by atoms with Gasteiger partial charge in [-0.2, -0.15) is 0 Å². The van der Waals surface area contributed by atoms with Gasteiger partial charge in [-0.1, -0.05) is 42.5 Å². The molecule has 0 bridgehead atoms. The Kier molecular flexibility index (Phi) is 4.95. The Bertz CT molecular complexity index is 526. The highest BCUT2D eigenvalue weighted by Gasteiger charge is 2.00. The molecule has 2 aromatic rings. The summed E-state index contributed by atoms with van der Waals surface area (Å²) in [5, 5.41) is 13.0. The van der Waals surface area contributed by atoms with E-state index in [9.17, 15) is 5.11 Å². The normalized spacial score (nSPS) is 10.6. The number of ether oxygens (including phenoxy) is 1. The first kappa shape index (κ1) is 13.6. The van der Waals surface area contributed by atoms with E-state index >= 15 is 0 Å². The van der Waals surface area contributed by atoms with Gasteiger partial charge in [-0.15, -0.1) is 0 Å². The van der Waals surface area contributed by atoms with Gasteiger partial charge in [0.1, 0.15) is 5.75 Å². The summed E-state index contributed by atoms with van der Waals surface area (Å²) in [7, 11) is 1.70. The fourth-order valence-electron chi connectivity index (χ4n) is 2.00. The molecule has 0 atom stereocenters. The summed E-state index contributed by atoms with van der Waals surface area (Å²) in [6, 6.07) is 15.7. The Morgan fingerprint density at radius 3 is 2.58 bits per heavy atom. The molecule has 0 saturated heterocycles. The van der Waals surface area contributed by atoms with Gasteiger partial charge in [-0.05, 0) is 17.2 Å². The zero-order valence-electron chi connectivity index (χ0n) is 11.1. The van der Waals surface area contributed by atoms with Gasteiger partial charge < -0.3 is 15.2 Å². The first-order valence-electron chi connectivity index (χ1n) is 6.34. The number of phenolic OH excluding ortho intramolecular Hbond substituents is 1. The number of hydrogen-bond acceptors (Lipinski definition) is 3. The molecule has 0 saturated carbocycles. The number of para-hydroxylation sites is 1. The van der Waals surface area contributed by atoms with E-state index in [0.717, 1.165) is 12.1 Å². The summed E-state index contributed by atoms with van der Waals surface area (Å²) in [5.74, 6) is 0.336. The average Bonchev–Trinajstić information content (AvgIpc) is 2.42. The van der Waals surface area contributed by atoms with Crippen LogP contribution in [-0.4, -0.2) is 12.2 Å². The van der Waals surface area contributed by atoms with Crippen LogP contribution < -0.4 is 5.32 Å². The van der Waals surface area contributed by atoms with Crippen LogP contribution in [0.3, 0.4) is 0 Å². The van der Waals surface area contributed by atoms with Gasteiger partial charge in [0.2, 0.25) is 0 Å². The van der Waals surface area contributed by atoms with Crippen molar-refractivity contribution in [2.45, 2.75) is 19.7 Å². The topological polar surface area (TPSA) is 41.5 Å². The van der Waals surface area contributed by atoms with Crippen LogP contribution in [0.4, 0.5) is 0 Å². The lowest BCUT2D eigenvalue weighted by Gasteiger charge is -2.08. The fraction of sp³-hybridized carbons (Fsp3) is 0.250. The lowest BCUT2D eigenvalue weighted by Crippen LogP contribution is -2.12. The van der Waals surface area contributed by atoms with Crippen molar-refractivity contribution in [2.24, 2.45) is 0 Å². The molecular weight excluding hydrogens is 238 g/mol. The maximum absolute atomic E-state index is 9.67. The quantitative estimate of drug-likeness (QED) is 0.836. The van der Waals surface area contributed by atoms with Crippen molar-refractivity contribution in [1.29, 1.82) is 0 Å². The second-order valence-electron chi connectivity index (χ2n) is 4.49. The third kappa shape index (κ3) is 4.09. The van der Waals surface area contributed by atoms with Gasteiger partial charge in [0.25, 0.3) is 0 Å². The SMILES string of the molecule is COCc1cccc(CNCc2ccccc2O)c1. The zero-order valence-corrected chi connectivity index (χ0v) is 11.1. The zero-order chi connectivity index (χ0) is 13.5. The third-order valence-electron chi connectivity index (χ3n) is 2.94. The number of rotatable bonds is 6. The Morgan fingerprint density at radius 1 is 1.00 bits per heavy atom. The summed E-state index contributed by atoms with van der Waals surface area (Å²) in [5.41, 5.74) is 3.30. The van der Waals surface area contributed by atoms with Crippen molar-refractivity contribution in [3.8, 4) is 5.75 Å². The number of methoxy groups -OCH3 is 1.